The second-order valence-corrected chi connectivity index (χ2v) is 7.54. The number of piperazine rings is 1. The van der Waals surface area contributed by atoms with Crippen molar-refractivity contribution in [1.29, 1.82) is 5.26 Å². The Labute approximate surface area is 156 Å². The Morgan fingerprint density at radius 1 is 1.22 bits per heavy atom. The van der Waals surface area contributed by atoms with Crippen LogP contribution in [0.5, 0.6) is 0 Å². The summed E-state index contributed by atoms with van der Waals surface area (Å²) in [6.45, 7) is 1.63. The number of amides is 2. The fourth-order valence-corrected chi connectivity index (χ4v) is 4.70. The number of imide groups is 1. The molecule has 0 spiro atoms. The highest BCUT2D eigenvalue weighted by molar-refractivity contribution is 5.99. The maximum Gasteiger partial charge on any atom is 0.240 e. The topological polar surface area (TPSA) is 92.2 Å². The molecule has 0 saturated carbocycles. The van der Waals surface area contributed by atoms with Crippen molar-refractivity contribution in [3.8, 4) is 6.19 Å². The SMILES string of the molecule is N#CN1C[C@H](CN2CC(=O)NC(=O)C2)C=C2c3cccc4[nH]cc(c34)C[C@H]21. The van der Waals surface area contributed by atoms with Crippen molar-refractivity contribution >= 4 is 28.3 Å². The molecule has 2 atom stereocenters. The van der Waals surface area contributed by atoms with Gasteiger partial charge in [0.1, 0.15) is 0 Å². The highest BCUT2D eigenvalue weighted by Crippen LogP contribution is 2.41. The first-order chi connectivity index (χ1) is 13.1. The summed E-state index contributed by atoms with van der Waals surface area (Å²) < 4.78 is 0. The molecule has 5 rings (SSSR count). The monoisotopic (exact) mass is 361 g/mol. The molecule has 1 saturated heterocycles. The Kier molecular flexibility index (Phi) is 3.55. The summed E-state index contributed by atoms with van der Waals surface area (Å²) in [5, 5.41) is 13.3. The van der Waals surface area contributed by atoms with Crippen LogP contribution in [0.25, 0.3) is 16.5 Å². The second-order valence-electron chi connectivity index (χ2n) is 7.54. The van der Waals surface area contributed by atoms with E-state index in [4.69, 9.17) is 0 Å². The summed E-state index contributed by atoms with van der Waals surface area (Å²) in [4.78, 5) is 30.3. The molecule has 3 heterocycles. The largest absolute Gasteiger partial charge is 0.361 e. The molecule has 7 nitrogen and oxygen atoms in total. The summed E-state index contributed by atoms with van der Waals surface area (Å²) in [5.41, 5.74) is 4.72. The lowest BCUT2D eigenvalue weighted by Crippen LogP contribution is -2.53. The lowest BCUT2D eigenvalue weighted by atomic mass is 9.80. The molecule has 136 valence electrons. The van der Waals surface area contributed by atoms with Crippen LogP contribution in [-0.2, 0) is 16.0 Å². The number of H-pyrrole nitrogens is 1. The van der Waals surface area contributed by atoms with Crippen molar-refractivity contribution in [1.82, 2.24) is 20.1 Å². The number of nitrogens with one attached hydrogen (secondary N) is 2. The van der Waals surface area contributed by atoms with Crippen LogP contribution in [0.3, 0.4) is 0 Å². The zero-order valence-corrected chi connectivity index (χ0v) is 14.7. The summed E-state index contributed by atoms with van der Waals surface area (Å²) in [6, 6.07) is 6.28. The standard InChI is InChI=1S/C20H19N5O2/c21-11-25-8-12(7-24-9-18(26)23-19(27)10-24)4-15-14-2-1-3-16-20(14)13(6-22-16)5-17(15)25/h1-4,6,12,17,22H,5,7-10H2,(H,23,26,27)/t12-,17+/m0/s1. The van der Waals surface area contributed by atoms with Crippen LogP contribution in [-0.4, -0.2) is 58.8 Å². The number of aromatic nitrogens is 1. The molecular formula is C20H19N5O2. The van der Waals surface area contributed by atoms with Crippen molar-refractivity contribution in [2.24, 2.45) is 5.92 Å². The van der Waals surface area contributed by atoms with Crippen LogP contribution in [0.15, 0.2) is 30.5 Å². The van der Waals surface area contributed by atoms with E-state index in [0.717, 1.165) is 11.9 Å². The molecular weight excluding hydrogens is 342 g/mol. The highest BCUT2D eigenvalue weighted by Gasteiger charge is 2.36. The third-order valence-electron chi connectivity index (χ3n) is 5.73. The highest BCUT2D eigenvalue weighted by atomic mass is 16.2. The molecule has 1 aromatic heterocycles. The first-order valence-electron chi connectivity index (χ1n) is 9.15. The number of nitriles is 1. The maximum atomic E-state index is 11.7. The van der Waals surface area contributed by atoms with E-state index in [0.29, 0.717) is 13.1 Å². The number of rotatable bonds is 2. The molecule has 1 fully saturated rings. The van der Waals surface area contributed by atoms with Gasteiger partial charge >= 0.3 is 0 Å². The Balaban J connectivity index is 1.51. The van der Waals surface area contributed by atoms with E-state index >= 15 is 0 Å². The minimum Gasteiger partial charge on any atom is -0.361 e. The van der Waals surface area contributed by atoms with Crippen molar-refractivity contribution in [2.45, 2.75) is 12.5 Å². The predicted molar refractivity (Wildman–Crippen MR) is 99.2 cm³/mol. The van der Waals surface area contributed by atoms with Gasteiger partial charge in [0.05, 0.1) is 19.1 Å². The average Bonchev–Trinajstić information content (AvgIpc) is 3.05. The third-order valence-corrected chi connectivity index (χ3v) is 5.73. The number of hydrogen-bond donors (Lipinski definition) is 2. The lowest BCUT2D eigenvalue weighted by Gasteiger charge is -2.40. The van der Waals surface area contributed by atoms with Crippen LogP contribution >= 0.6 is 0 Å². The number of hydrogen-bond acceptors (Lipinski definition) is 5. The van der Waals surface area contributed by atoms with Crippen molar-refractivity contribution < 1.29 is 9.59 Å². The number of fused-ring (bicyclic) bond motifs is 2. The van der Waals surface area contributed by atoms with Gasteiger partial charge in [0.2, 0.25) is 11.8 Å². The number of aromatic amines is 1. The van der Waals surface area contributed by atoms with Gasteiger partial charge in [-0.15, -0.1) is 0 Å². The molecule has 27 heavy (non-hydrogen) atoms. The minimum absolute atomic E-state index is 0.0476. The van der Waals surface area contributed by atoms with E-state index in [-0.39, 0.29) is 36.9 Å². The Hall–Kier alpha value is -3.11. The van der Waals surface area contributed by atoms with Gasteiger partial charge in [0.25, 0.3) is 0 Å². The second kappa shape index (κ2) is 5.96. The summed E-state index contributed by atoms with van der Waals surface area (Å²) in [7, 11) is 0. The molecule has 2 aliphatic heterocycles. The van der Waals surface area contributed by atoms with Gasteiger partial charge in [-0.25, -0.2) is 0 Å². The van der Waals surface area contributed by atoms with Gasteiger partial charge in [0.15, 0.2) is 6.19 Å². The number of nitrogens with zero attached hydrogens (tertiary/aromatic N) is 3. The predicted octanol–water partition coefficient (Wildman–Crippen LogP) is 0.847. The first-order valence-corrected chi connectivity index (χ1v) is 9.15. The summed E-state index contributed by atoms with van der Waals surface area (Å²) in [6.07, 6.45) is 7.47. The third kappa shape index (κ3) is 2.61. The molecule has 2 amide bonds. The number of benzene rings is 1. The van der Waals surface area contributed by atoms with Crippen LogP contribution in [0.4, 0.5) is 0 Å². The van der Waals surface area contributed by atoms with Crippen LogP contribution in [0.2, 0.25) is 0 Å². The maximum absolute atomic E-state index is 11.7. The molecule has 2 N–H and O–H groups in total. The van der Waals surface area contributed by atoms with Crippen LogP contribution < -0.4 is 5.32 Å². The van der Waals surface area contributed by atoms with Crippen molar-refractivity contribution in [3.63, 3.8) is 0 Å². The van der Waals surface area contributed by atoms with E-state index in [1.54, 1.807) is 0 Å². The smallest absolute Gasteiger partial charge is 0.240 e. The van der Waals surface area contributed by atoms with E-state index in [1.165, 1.54) is 22.1 Å². The van der Waals surface area contributed by atoms with Gasteiger partial charge in [-0.1, -0.05) is 18.2 Å². The summed E-state index contributed by atoms with van der Waals surface area (Å²) in [5.74, 6) is -0.432. The number of carbonyl (C=O) groups is 2. The Morgan fingerprint density at radius 3 is 2.81 bits per heavy atom. The van der Waals surface area contributed by atoms with Crippen LogP contribution in [0, 0.1) is 17.4 Å². The van der Waals surface area contributed by atoms with Gasteiger partial charge in [0, 0.05) is 36.1 Å². The molecule has 1 aromatic carbocycles. The van der Waals surface area contributed by atoms with E-state index in [9.17, 15) is 14.9 Å². The molecule has 0 bridgehead atoms. The van der Waals surface area contributed by atoms with E-state index in [1.807, 2.05) is 22.1 Å². The molecule has 1 aliphatic carbocycles. The van der Waals surface area contributed by atoms with E-state index < -0.39 is 0 Å². The minimum atomic E-state index is -0.260. The molecule has 7 heteroatoms. The van der Waals surface area contributed by atoms with Gasteiger partial charge < -0.3 is 9.88 Å². The molecule has 3 aliphatic rings. The zero-order valence-electron chi connectivity index (χ0n) is 14.7. The normalized spacial score (nSPS) is 25.0. The quantitative estimate of drug-likeness (QED) is 0.611. The fourth-order valence-electron chi connectivity index (χ4n) is 4.70. The Morgan fingerprint density at radius 2 is 2.04 bits per heavy atom. The fraction of sp³-hybridized carbons (Fsp3) is 0.350. The summed E-state index contributed by atoms with van der Waals surface area (Å²) >= 11 is 0. The molecule has 0 radical (unpaired) electrons. The van der Waals surface area contributed by atoms with Crippen LogP contribution in [0.1, 0.15) is 11.1 Å². The zero-order chi connectivity index (χ0) is 18.5. The molecule has 2 aromatic rings. The number of carbonyl (C=O) groups excluding carboxylic acids is 2. The first kappa shape index (κ1) is 16.1. The Bertz CT molecular complexity index is 1010. The van der Waals surface area contributed by atoms with Crippen molar-refractivity contribution in [2.75, 3.05) is 26.2 Å². The average molecular weight is 361 g/mol. The van der Waals surface area contributed by atoms with Gasteiger partial charge in [-0.2, -0.15) is 5.26 Å². The van der Waals surface area contributed by atoms with Crippen molar-refractivity contribution in [3.05, 3.63) is 41.6 Å². The van der Waals surface area contributed by atoms with E-state index in [2.05, 4.69) is 34.7 Å². The van der Waals surface area contributed by atoms with Gasteiger partial charge in [-0.05, 0) is 29.2 Å². The van der Waals surface area contributed by atoms with Gasteiger partial charge in [-0.3, -0.25) is 19.8 Å². The molecule has 0 unspecified atom stereocenters. The lowest BCUT2D eigenvalue weighted by molar-refractivity contribution is -0.136.